The highest BCUT2D eigenvalue weighted by Gasteiger charge is 2.40. The van der Waals surface area contributed by atoms with Crippen LogP contribution >= 0.6 is 0 Å². The highest BCUT2D eigenvalue weighted by Crippen LogP contribution is 2.31. The average molecular weight is 344 g/mol. The van der Waals surface area contributed by atoms with Crippen molar-refractivity contribution in [3.63, 3.8) is 0 Å². The molecule has 2 fully saturated rings. The molecule has 3 heterocycles. The van der Waals surface area contributed by atoms with Crippen LogP contribution in [0.2, 0.25) is 0 Å². The maximum Gasteiger partial charge on any atom is 0.278 e. The average Bonchev–Trinajstić information content (AvgIpc) is 3.20. The fraction of sp³-hybridized carbons (Fsp3) is 0.444. The first-order valence-electron chi connectivity index (χ1n) is 8.61. The Balaban J connectivity index is 1.64. The van der Waals surface area contributed by atoms with Crippen LogP contribution in [0, 0.1) is 18.7 Å². The molecule has 25 heavy (non-hydrogen) atoms. The Hall–Kier alpha value is -2.41. The number of hydrogen-bond donors (Lipinski definition) is 2. The zero-order valence-corrected chi connectivity index (χ0v) is 14.1. The van der Waals surface area contributed by atoms with E-state index in [0.29, 0.717) is 12.5 Å². The maximum atomic E-state index is 14.1. The second-order valence-corrected chi connectivity index (χ2v) is 6.87. The molecule has 1 amide bonds. The normalized spacial score (nSPS) is 22.9. The van der Waals surface area contributed by atoms with Crippen molar-refractivity contribution in [1.82, 2.24) is 20.0 Å². The number of aromatic nitrogens is 2. The molecule has 4 rings (SSSR count). The number of benzene rings is 1. The predicted molar refractivity (Wildman–Crippen MR) is 90.3 cm³/mol. The molecule has 2 N–H and O–H groups in total. The van der Waals surface area contributed by atoms with E-state index in [2.05, 4.69) is 10.4 Å². The largest absolute Gasteiger partial charge is 0.504 e. The Labute approximate surface area is 145 Å². The number of aryl methyl sites for hydroxylation is 1. The molecule has 132 valence electrons. The number of amides is 1. The van der Waals surface area contributed by atoms with Crippen LogP contribution in [0.5, 0.6) is 5.75 Å². The smallest absolute Gasteiger partial charge is 0.278 e. The minimum Gasteiger partial charge on any atom is -0.504 e. The Bertz CT molecular complexity index is 819. The van der Waals surface area contributed by atoms with Crippen molar-refractivity contribution in [2.45, 2.75) is 25.8 Å². The third-order valence-corrected chi connectivity index (χ3v) is 5.24. The highest BCUT2D eigenvalue weighted by molar-refractivity contribution is 5.95. The van der Waals surface area contributed by atoms with Gasteiger partial charge < -0.3 is 15.3 Å². The van der Waals surface area contributed by atoms with Crippen LogP contribution in [0.3, 0.4) is 0 Å². The summed E-state index contributed by atoms with van der Waals surface area (Å²) in [6.07, 6.45) is 3.33. The minimum absolute atomic E-state index is 0.0212. The Morgan fingerprint density at radius 3 is 3.08 bits per heavy atom. The number of nitrogens with one attached hydrogen (secondary N) is 1. The van der Waals surface area contributed by atoms with Gasteiger partial charge in [-0.3, -0.25) is 4.79 Å². The molecule has 2 unspecified atom stereocenters. The minimum atomic E-state index is -0.454. The lowest BCUT2D eigenvalue weighted by molar-refractivity contribution is 0.0693. The quantitative estimate of drug-likeness (QED) is 0.872. The van der Waals surface area contributed by atoms with E-state index in [-0.39, 0.29) is 29.1 Å². The summed E-state index contributed by atoms with van der Waals surface area (Å²) in [5, 5.41) is 17.7. The summed E-state index contributed by atoms with van der Waals surface area (Å²) in [7, 11) is 0. The third-order valence-electron chi connectivity index (χ3n) is 5.24. The lowest BCUT2D eigenvalue weighted by Crippen LogP contribution is -2.48. The van der Waals surface area contributed by atoms with Crippen LogP contribution in [0.25, 0.3) is 5.69 Å². The molecule has 6 nitrogen and oxygen atoms in total. The first kappa shape index (κ1) is 16.1. The van der Waals surface area contributed by atoms with Crippen molar-refractivity contribution in [3.8, 4) is 11.4 Å². The third kappa shape index (κ3) is 2.78. The summed E-state index contributed by atoms with van der Waals surface area (Å²) >= 11 is 0. The molecule has 0 aliphatic carbocycles. The molecule has 2 aliphatic rings. The maximum absolute atomic E-state index is 14.1. The van der Waals surface area contributed by atoms with E-state index in [1.54, 1.807) is 17.0 Å². The molecular weight excluding hydrogens is 323 g/mol. The Morgan fingerprint density at radius 2 is 2.24 bits per heavy atom. The van der Waals surface area contributed by atoms with Gasteiger partial charge in [0.25, 0.3) is 5.91 Å². The molecular formula is C18H21FN4O2. The molecule has 2 saturated heterocycles. The molecule has 7 heteroatoms. The molecule has 2 aliphatic heterocycles. The van der Waals surface area contributed by atoms with E-state index in [4.69, 9.17) is 0 Å². The summed E-state index contributed by atoms with van der Waals surface area (Å²) in [5.74, 6) is -0.466. The molecule has 2 atom stereocenters. The van der Waals surface area contributed by atoms with Crippen LogP contribution in [-0.2, 0) is 0 Å². The molecule has 1 aromatic heterocycles. The summed E-state index contributed by atoms with van der Waals surface area (Å²) in [6.45, 7) is 4.26. The van der Waals surface area contributed by atoms with Crippen molar-refractivity contribution in [3.05, 3.63) is 41.5 Å². The van der Waals surface area contributed by atoms with Gasteiger partial charge in [0.2, 0.25) is 0 Å². The van der Waals surface area contributed by atoms with Gasteiger partial charge in [-0.2, -0.15) is 5.10 Å². The predicted octanol–water partition coefficient (Wildman–Crippen LogP) is 1.85. The highest BCUT2D eigenvalue weighted by atomic mass is 19.1. The van der Waals surface area contributed by atoms with Gasteiger partial charge in [0.15, 0.2) is 11.4 Å². The van der Waals surface area contributed by atoms with Crippen LogP contribution in [0.15, 0.2) is 24.4 Å². The standard InChI is InChI=1S/C18H21FN4O2/c1-11-2-3-13(19)14(8-11)23-10-16(24)17(21-23)18(25)22-7-5-12-4-6-20-9-15(12)22/h2-3,8,10,12,15,20,24H,4-7,9H2,1H3. The number of rotatable bonds is 2. The monoisotopic (exact) mass is 344 g/mol. The number of nitrogens with zero attached hydrogens (tertiary/aromatic N) is 3. The first-order chi connectivity index (χ1) is 12.0. The lowest BCUT2D eigenvalue weighted by Gasteiger charge is -2.31. The van der Waals surface area contributed by atoms with Gasteiger partial charge in [0.05, 0.1) is 6.20 Å². The second-order valence-electron chi connectivity index (χ2n) is 6.87. The van der Waals surface area contributed by atoms with E-state index >= 15 is 0 Å². The van der Waals surface area contributed by atoms with Gasteiger partial charge in [-0.05, 0) is 49.9 Å². The topological polar surface area (TPSA) is 70.4 Å². The van der Waals surface area contributed by atoms with Crippen molar-refractivity contribution in [2.75, 3.05) is 19.6 Å². The molecule has 0 spiro atoms. The first-order valence-corrected chi connectivity index (χ1v) is 8.61. The fourth-order valence-electron chi connectivity index (χ4n) is 3.90. The number of aromatic hydroxyl groups is 1. The van der Waals surface area contributed by atoms with Gasteiger partial charge in [-0.25, -0.2) is 9.07 Å². The van der Waals surface area contributed by atoms with Crippen molar-refractivity contribution >= 4 is 5.91 Å². The molecule has 0 saturated carbocycles. The summed E-state index contributed by atoms with van der Waals surface area (Å²) in [4.78, 5) is 14.7. The number of hydrogen-bond acceptors (Lipinski definition) is 4. The van der Waals surface area contributed by atoms with Crippen molar-refractivity contribution in [1.29, 1.82) is 0 Å². The number of likely N-dealkylation sites (tertiary alicyclic amines) is 1. The molecule has 0 bridgehead atoms. The van der Waals surface area contributed by atoms with Crippen molar-refractivity contribution < 1.29 is 14.3 Å². The van der Waals surface area contributed by atoms with Crippen LogP contribution in [0.4, 0.5) is 4.39 Å². The van der Waals surface area contributed by atoms with E-state index < -0.39 is 5.82 Å². The second kappa shape index (κ2) is 6.15. The van der Waals surface area contributed by atoms with Gasteiger partial charge in [0.1, 0.15) is 11.5 Å². The summed E-state index contributed by atoms with van der Waals surface area (Å²) in [6, 6.07) is 4.78. The number of piperidine rings is 1. The van der Waals surface area contributed by atoms with E-state index in [0.717, 1.165) is 31.5 Å². The molecule has 0 radical (unpaired) electrons. The number of carbonyl (C=O) groups is 1. The van der Waals surface area contributed by atoms with Gasteiger partial charge in [-0.1, -0.05) is 6.07 Å². The molecule has 2 aromatic rings. The summed E-state index contributed by atoms with van der Waals surface area (Å²) in [5.41, 5.74) is 1.06. The number of halogens is 1. The zero-order valence-electron chi connectivity index (χ0n) is 14.1. The Kier molecular flexibility index (Phi) is 3.95. The van der Waals surface area contributed by atoms with E-state index in [9.17, 15) is 14.3 Å². The van der Waals surface area contributed by atoms with Crippen LogP contribution in [-0.4, -0.2) is 51.4 Å². The SMILES string of the molecule is Cc1ccc(F)c(-n2cc(O)c(C(=O)N3CCC4CCNCC43)n2)c1. The number of fused-ring (bicyclic) bond motifs is 1. The fourth-order valence-corrected chi connectivity index (χ4v) is 3.90. The van der Waals surface area contributed by atoms with Crippen molar-refractivity contribution in [2.24, 2.45) is 5.92 Å². The zero-order chi connectivity index (χ0) is 17.6. The summed E-state index contributed by atoms with van der Waals surface area (Å²) < 4.78 is 15.3. The van der Waals surface area contributed by atoms with E-state index in [1.165, 1.54) is 16.9 Å². The van der Waals surface area contributed by atoms with Gasteiger partial charge >= 0.3 is 0 Å². The van der Waals surface area contributed by atoms with Crippen LogP contribution < -0.4 is 5.32 Å². The number of carbonyl (C=O) groups excluding carboxylic acids is 1. The lowest BCUT2D eigenvalue weighted by atomic mass is 9.93. The van der Waals surface area contributed by atoms with E-state index in [1.807, 2.05) is 6.92 Å². The van der Waals surface area contributed by atoms with Crippen LogP contribution in [0.1, 0.15) is 28.9 Å². The molecule has 1 aromatic carbocycles. The Morgan fingerprint density at radius 1 is 1.40 bits per heavy atom. The van der Waals surface area contributed by atoms with Gasteiger partial charge in [0, 0.05) is 19.1 Å². The van der Waals surface area contributed by atoms with Gasteiger partial charge in [-0.15, -0.1) is 0 Å².